The minimum Gasteiger partial charge on any atom is -0.394 e. The van der Waals surface area contributed by atoms with Crippen LogP contribution in [0, 0.1) is 0 Å². The zero-order valence-electron chi connectivity index (χ0n) is 10.8. The van der Waals surface area contributed by atoms with Crippen molar-refractivity contribution in [3.05, 3.63) is 30.5 Å². The van der Waals surface area contributed by atoms with Gasteiger partial charge in [0.25, 0.3) is 0 Å². The number of hydrogen-bond acceptors (Lipinski definition) is 4. The molecule has 106 valence electrons. The lowest BCUT2D eigenvalue weighted by Gasteiger charge is -2.15. The largest absolute Gasteiger partial charge is 0.394 e. The van der Waals surface area contributed by atoms with Crippen molar-refractivity contribution in [3.8, 4) is 0 Å². The summed E-state index contributed by atoms with van der Waals surface area (Å²) in [7, 11) is 0. The van der Waals surface area contributed by atoms with E-state index in [0.717, 1.165) is 16.6 Å². The number of carbonyl (C=O) groups is 1. The van der Waals surface area contributed by atoms with Gasteiger partial charge >= 0.3 is 0 Å². The van der Waals surface area contributed by atoms with Crippen molar-refractivity contribution in [1.82, 2.24) is 4.57 Å². The SMILES string of the molecule is O=CNc1ccc2c(ccn2C2CC(O)C(CO)O2)c1. The molecule has 1 aliphatic heterocycles. The van der Waals surface area contributed by atoms with Crippen molar-refractivity contribution in [2.24, 2.45) is 0 Å². The standard InChI is InChI=1S/C14H16N2O4/c17-7-13-12(19)6-14(20-13)16-4-3-9-5-10(15-8-18)1-2-11(9)16/h1-5,8,12-14,17,19H,6-7H2,(H,15,18). The molecule has 2 heterocycles. The number of aliphatic hydroxyl groups is 2. The van der Waals surface area contributed by atoms with Crippen molar-refractivity contribution in [1.29, 1.82) is 0 Å². The lowest BCUT2D eigenvalue weighted by molar-refractivity contribution is -0.105. The molecule has 0 radical (unpaired) electrons. The smallest absolute Gasteiger partial charge is 0.211 e. The first-order valence-corrected chi connectivity index (χ1v) is 6.48. The molecule has 6 nitrogen and oxygen atoms in total. The molecule has 3 rings (SSSR count). The van der Waals surface area contributed by atoms with E-state index in [1.165, 1.54) is 0 Å². The number of amides is 1. The number of fused-ring (bicyclic) bond motifs is 1. The summed E-state index contributed by atoms with van der Waals surface area (Å²) in [4.78, 5) is 10.4. The molecule has 1 aromatic heterocycles. The van der Waals surface area contributed by atoms with Gasteiger partial charge in [-0.1, -0.05) is 0 Å². The average Bonchev–Trinajstić information content (AvgIpc) is 3.01. The molecular weight excluding hydrogens is 260 g/mol. The predicted molar refractivity (Wildman–Crippen MR) is 73.2 cm³/mol. The highest BCUT2D eigenvalue weighted by Gasteiger charge is 2.34. The maximum atomic E-state index is 10.4. The van der Waals surface area contributed by atoms with Crippen molar-refractivity contribution >= 4 is 23.0 Å². The minimum atomic E-state index is -0.654. The fourth-order valence-electron chi connectivity index (χ4n) is 2.62. The minimum absolute atomic E-state index is 0.190. The van der Waals surface area contributed by atoms with Crippen molar-refractivity contribution in [2.75, 3.05) is 11.9 Å². The highest BCUT2D eigenvalue weighted by molar-refractivity contribution is 5.86. The Bertz CT molecular complexity index is 625. The van der Waals surface area contributed by atoms with Gasteiger partial charge in [-0.15, -0.1) is 0 Å². The highest BCUT2D eigenvalue weighted by Crippen LogP contribution is 2.32. The maximum Gasteiger partial charge on any atom is 0.211 e. The van der Waals surface area contributed by atoms with Crippen LogP contribution in [-0.4, -0.2) is 40.0 Å². The monoisotopic (exact) mass is 276 g/mol. The quantitative estimate of drug-likeness (QED) is 0.723. The van der Waals surface area contributed by atoms with E-state index in [9.17, 15) is 9.90 Å². The number of hydrogen-bond donors (Lipinski definition) is 3. The number of rotatable bonds is 4. The first-order valence-electron chi connectivity index (χ1n) is 6.48. The number of aliphatic hydroxyl groups excluding tert-OH is 2. The van der Waals surface area contributed by atoms with Gasteiger partial charge < -0.3 is 24.8 Å². The summed E-state index contributed by atoms with van der Waals surface area (Å²) in [6, 6.07) is 7.49. The van der Waals surface area contributed by atoms with Gasteiger partial charge in [0.05, 0.1) is 18.2 Å². The molecule has 1 aliphatic rings. The molecule has 0 saturated carbocycles. The molecule has 2 aromatic rings. The second-order valence-corrected chi connectivity index (χ2v) is 4.87. The van der Waals surface area contributed by atoms with E-state index < -0.39 is 12.2 Å². The Morgan fingerprint density at radius 2 is 2.30 bits per heavy atom. The van der Waals surface area contributed by atoms with E-state index in [4.69, 9.17) is 9.84 Å². The number of aromatic nitrogens is 1. The number of carbonyl (C=O) groups excluding carboxylic acids is 1. The van der Waals surface area contributed by atoms with E-state index >= 15 is 0 Å². The molecule has 1 aromatic carbocycles. The van der Waals surface area contributed by atoms with Gasteiger partial charge in [0.1, 0.15) is 12.3 Å². The Morgan fingerprint density at radius 3 is 3.00 bits per heavy atom. The maximum absolute atomic E-state index is 10.4. The van der Waals surface area contributed by atoms with Crippen LogP contribution in [0.2, 0.25) is 0 Å². The molecule has 0 bridgehead atoms. The van der Waals surface area contributed by atoms with Gasteiger partial charge in [0, 0.05) is 23.7 Å². The van der Waals surface area contributed by atoms with Crippen molar-refractivity contribution < 1.29 is 19.7 Å². The Morgan fingerprint density at radius 1 is 1.45 bits per heavy atom. The van der Waals surface area contributed by atoms with Crippen LogP contribution >= 0.6 is 0 Å². The van der Waals surface area contributed by atoms with Crippen LogP contribution in [-0.2, 0) is 9.53 Å². The lowest BCUT2D eigenvalue weighted by atomic mass is 10.2. The summed E-state index contributed by atoms with van der Waals surface area (Å²) < 4.78 is 7.57. The van der Waals surface area contributed by atoms with E-state index in [1.54, 1.807) is 0 Å². The van der Waals surface area contributed by atoms with Crippen LogP contribution in [0.25, 0.3) is 10.9 Å². The number of nitrogens with one attached hydrogen (secondary N) is 1. The van der Waals surface area contributed by atoms with Crippen LogP contribution < -0.4 is 5.32 Å². The summed E-state index contributed by atoms with van der Waals surface area (Å²) >= 11 is 0. The van der Waals surface area contributed by atoms with Gasteiger partial charge in [0.2, 0.25) is 6.41 Å². The molecule has 3 N–H and O–H groups in total. The third kappa shape index (κ3) is 2.18. The van der Waals surface area contributed by atoms with Crippen molar-refractivity contribution in [2.45, 2.75) is 24.9 Å². The van der Waals surface area contributed by atoms with Gasteiger partial charge in [-0.3, -0.25) is 4.79 Å². The fourth-order valence-corrected chi connectivity index (χ4v) is 2.62. The third-order valence-electron chi connectivity index (χ3n) is 3.64. The summed E-state index contributed by atoms with van der Waals surface area (Å²) in [5, 5.41) is 22.5. The molecule has 3 atom stereocenters. The zero-order chi connectivity index (χ0) is 14.1. The molecule has 1 saturated heterocycles. The first-order chi connectivity index (χ1) is 9.72. The average molecular weight is 276 g/mol. The zero-order valence-corrected chi connectivity index (χ0v) is 10.8. The number of anilines is 1. The Balaban J connectivity index is 1.91. The van der Waals surface area contributed by atoms with Gasteiger partial charge in [0.15, 0.2) is 0 Å². The van der Waals surface area contributed by atoms with Gasteiger partial charge in [-0.25, -0.2) is 0 Å². The van der Waals surface area contributed by atoms with Crippen LogP contribution in [0.15, 0.2) is 30.5 Å². The predicted octanol–water partition coefficient (Wildman–Crippen LogP) is 0.850. The second kappa shape index (κ2) is 5.24. The van der Waals surface area contributed by atoms with Crippen LogP contribution in [0.3, 0.4) is 0 Å². The lowest BCUT2D eigenvalue weighted by Crippen LogP contribution is -2.24. The molecule has 20 heavy (non-hydrogen) atoms. The summed E-state index contributed by atoms with van der Waals surface area (Å²) in [5.74, 6) is 0. The first kappa shape index (κ1) is 13.1. The number of nitrogens with zero attached hydrogens (tertiary/aromatic N) is 1. The van der Waals surface area contributed by atoms with Crippen LogP contribution in [0.4, 0.5) is 5.69 Å². The fraction of sp³-hybridized carbons (Fsp3) is 0.357. The van der Waals surface area contributed by atoms with Crippen LogP contribution in [0.1, 0.15) is 12.6 Å². The molecule has 0 spiro atoms. The molecule has 6 heteroatoms. The highest BCUT2D eigenvalue weighted by atomic mass is 16.5. The van der Waals surface area contributed by atoms with Crippen LogP contribution in [0.5, 0.6) is 0 Å². The third-order valence-corrected chi connectivity index (χ3v) is 3.64. The number of benzene rings is 1. The van der Waals surface area contributed by atoms with E-state index in [0.29, 0.717) is 12.8 Å². The van der Waals surface area contributed by atoms with Gasteiger partial charge in [-0.2, -0.15) is 0 Å². The molecular formula is C14H16N2O4. The van der Waals surface area contributed by atoms with Gasteiger partial charge in [-0.05, 0) is 24.3 Å². The van der Waals surface area contributed by atoms with E-state index in [-0.39, 0.29) is 12.8 Å². The normalized spacial score (nSPS) is 26.0. The Kier molecular flexibility index (Phi) is 3.43. The Labute approximate surface area is 115 Å². The molecule has 1 amide bonds. The summed E-state index contributed by atoms with van der Waals surface area (Å²) in [6.07, 6.45) is 1.49. The Hall–Kier alpha value is -1.89. The van der Waals surface area contributed by atoms with E-state index in [1.807, 2.05) is 35.0 Å². The molecule has 1 fully saturated rings. The summed E-state index contributed by atoms with van der Waals surface area (Å²) in [6.45, 7) is -0.190. The topological polar surface area (TPSA) is 83.7 Å². The molecule has 0 aliphatic carbocycles. The number of ether oxygens (including phenoxy) is 1. The van der Waals surface area contributed by atoms with Crippen molar-refractivity contribution in [3.63, 3.8) is 0 Å². The molecule has 3 unspecified atom stereocenters. The van der Waals surface area contributed by atoms with E-state index in [2.05, 4.69) is 5.32 Å². The second-order valence-electron chi connectivity index (χ2n) is 4.87. The summed E-state index contributed by atoms with van der Waals surface area (Å²) in [5.41, 5.74) is 1.68.